The summed E-state index contributed by atoms with van der Waals surface area (Å²) < 4.78 is 0. The largest absolute Gasteiger partial charge is 0.368 e. The van der Waals surface area contributed by atoms with E-state index in [4.69, 9.17) is 23.2 Å². The molecule has 1 aliphatic heterocycles. The standard InChI is InChI=1S/C19H21Cl2N3O/c1-13-6-7-17(14(2)12-13)23-8-10-24(11-9-23)19(25)22-16-5-3-4-15(20)18(16)21/h3-7,12H,8-11H2,1-2H3,(H,22,25). The molecule has 4 nitrogen and oxygen atoms in total. The van der Waals surface area contributed by atoms with Crippen molar-refractivity contribution in [3.8, 4) is 0 Å². The van der Waals surface area contributed by atoms with Crippen molar-refractivity contribution in [2.24, 2.45) is 0 Å². The molecule has 2 aromatic carbocycles. The molecule has 25 heavy (non-hydrogen) atoms. The van der Waals surface area contributed by atoms with Crippen LogP contribution < -0.4 is 10.2 Å². The van der Waals surface area contributed by atoms with Gasteiger partial charge in [-0.15, -0.1) is 0 Å². The summed E-state index contributed by atoms with van der Waals surface area (Å²) in [6, 6.07) is 11.5. The molecule has 132 valence electrons. The van der Waals surface area contributed by atoms with Crippen molar-refractivity contribution < 1.29 is 4.79 Å². The molecular weight excluding hydrogens is 357 g/mol. The average Bonchev–Trinajstić information content (AvgIpc) is 2.59. The first-order valence-corrected chi connectivity index (χ1v) is 9.03. The third-order valence-corrected chi connectivity index (χ3v) is 5.27. The van der Waals surface area contributed by atoms with Gasteiger partial charge in [0.1, 0.15) is 0 Å². The lowest BCUT2D eigenvalue weighted by Crippen LogP contribution is -2.50. The fourth-order valence-electron chi connectivity index (χ4n) is 3.11. The van der Waals surface area contributed by atoms with Crippen LogP contribution >= 0.6 is 23.2 Å². The molecule has 2 amide bonds. The minimum absolute atomic E-state index is 0.149. The van der Waals surface area contributed by atoms with Crippen molar-refractivity contribution in [1.29, 1.82) is 0 Å². The topological polar surface area (TPSA) is 35.6 Å². The molecule has 1 saturated heterocycles. The van der Waals surface area contributed by atoms with E-state index in [1.165, 1.54) is 16.8 Å². The van der Waals surface area contributed by atoms with Crippen LogP contribution in [0.4, 0.5) is 16.2 Å². The van der Waals surface area contributed by atoms with Crippen molar-refractivity contribution >= 4 is 40.6 Å². The van der Waals surface area contributed by atoms with Gasteiger partial charge in [-0.25, -0.2) is 4.79 Å². The second kappa shape index (κ2) is 7.54. The van der Waals surface area contributed by atoms with Gasteiger partial charge in [-0.1, -0.05) is 47.0 Å². The maximum Gasteiger partial charge on any atom is 0.322 e. The predicted octanol–water partition coefficient (Wildman–Crippen LogP) is 4.96. The number of piperazine rings is 1. The number of hydrogen-bond acceptors (Lipinski definition) is 2. The summed E-state index contributed by atoms with van der Waals surface area (Å²) in [7, 11) is 0. The number of urea groups is 1. The fourth-order valence-corrected chi connectivity index (χ4v) is 3.45. The maximum atomic E-state index is 12.5. The van der Waals surface area contributed by atoms with Gasteiger partial charge in [-0.3, -0.25) is 0 Å². The molecule has 0 radical (unpaired) electrons. The van der Waals surface area contributed by atoms with E-state index in [9.17, 15) is 4.79 Å². The quantitative estimate of drug-likeness (QED) is 0.801. The van der Waals surface area contributed by atoms with Crippen LogP contribution in [0.15, 0.2) is 36.4 Å². The molecule has 1 heterocycles. The lowest BCUT2D eigenvalue weighted by Gasteiger charge is -2.36. The summed E-state index contributed by atoms with van der Waals surface area (Å²) in [6.45, 7) is 7.17. The summed E-state index contributed by atoms with van der Waals surface area (Å²) in [5.41, 5.74) is 4.31. The minimum atomic E-state index is -0.149. The van der Waals surface area contributed by atoms with Crippen LogP contribution in [0.25, 0.3) is 0 Å². The zero-order valence-electron chi connectivity index (χ0n) is 14.4. The summed E-state index contributed by atoms with van der Waals surface area (Å²) in [5, 5.41) is 3.64. The number of hydrogen-bond donors (Lipinski definition) is 1. The van der Waals surface area contributed by atoms with Crippen molar-refractivity contribution in [3.05, 3.63) is 57.6 Å². The Labute approximate surface area is 158 Å². The highest BCUT2D eigenvalue weighted by Gasteiger charge is 2.22. The van der Waals surface area contributed by atoms with E-state index in [-0.39, 0.29) is 6.03 Å². The molecule has 0 saturated carbocycles. The number of carbonyl (C=O) groups excluding carboxylic acids is 1. The van der Waals surface area contributed by atoms with Gasteiger partial charge in [0.25, 0.3) is 0 Å². The number of anilines is 2. The van der Waals surface area contributed by atoms with Crippen LogP contribution in [-0.4, -0.2) is 37.1 Å². The SMILES string of the molecule is Cc1ccc(N2CCN(C(=O)Nc3cccc(Cl)c3Cl)CC2)c(C)c1. The van der Waals surface area contributed by atoms with Crippen LogP contribution in [0, 0.1) is 13.8 Å². The highest BCUT2D eigenvalue weighted by molar-refractivity contribution is 6.43. The van der Waals surface area contributed by atoms with Crippen LogP contribution in [-0.2, 0) is 0 Å². The van der Waals surface area contributed by atoms with Crippen molar-refractivity contribution in [2.45, 2.75) is 13.8 Å². The number of rotatable bonds is 2. The minimum Gasteiger partial charge on any atom is -0.368 e. The molecule has 0 spiro atoms. The molecular formula is C19H21Cl2N3O. The number of aryl methyl sites for hydroxylation is 2. The number of benzene rings is 2. The first-order chi connectivity index (χ1) is 12.0. The summed E-state index contributed by atoms with van der Waals surface area (Å²) in [5.74, 6) is 0. The maximum absolute atomic E-state index is 12.5. The van der Waals surface area contributed by atoms with Crippen molar-refractivity contribution in [3.63, 3.8) is 0 Å². The Morgan fingerprint density at radius 3 is 2.44 bits per heavy atom. The Kier molecular flexibility index (Phi) is 5.40. The molecule has 2 aromatic rings. The normalized spacial score (nSPS) is 14.6. The second-order valence-corrected chi connectivity index (χ2v) is 7.08. The van der Waals surface area contributed by atoms with E-state index in [0.717, 1.165) is 13.1 Å². The van der Waals surface area contributed by atoms with Crippen LogP contribution in [0.3, 0.4) is 0 Å². The molecule has 1 N–H and O–H groups in total. The van der Waals surface area contributed by atoms with Crippen LogP contribution in [0.1, 0.15) is 11.1 Å². The summed E-state index contributed by atoms with van der Waals surface area (Å²) in [6.07, 6.45) is 0. The summed E-state index contributed by atoms with van der Waals surface area (Å²) in [4.78, 5) is 16.6. The number of carbonyl (C=O) groups is 1. The number of nitrogens with zero attached hydrogens (tertiary/aromatic N) is 2. The second-order valence-electron chi connectivity index (χ2n) is 6.30. The molecule has 0 aliphatic carbocycles. The monoisotopic (exact) mass is 377 g/mol. The van der Waals surface area contributed by atoms with Gasteiger partial charge in [0, 0.05) is 31.9 Å². The Bertz CT molecular complexity index is 786. The Balaban J connectivity index is 1.62. The van der Waals surface area contributed by atoms with E-state index < -0.39 is 0 Å². The Morgan fingerprint density at radius 2 is 1.76 bits per heavy atom. The van der Waals surface area contributed by atoms with E-state index in [0.29, 0.717) is 28.8 Å². The zero-order valence-corrected chi connectivity index (χ0v) is 15.9. The van der Waals surface area contributed by atoms with Gasteiger partial charge in [-0.05, 0) is 37.6 Å². The van der Waals surface area contributed by atoms with E-state index in [1.807, 2.05) is 0 Å². The highest BCUT2D eigenvalue weighted by atomic mass is 35.5. The number of amides is 2. The molecule has 1 fully saturated rings. The summed E-state index contributed by atoms with van der Waals surface area (Å²) >= 11 is 12.1. The van der Waals surface area contributed by atoms with Gasteiger partial charge >= 0.3 is 6.03 Å². The lowest BCUT2D eigenvalue weighted by molar-refractivity contribution is 0.208. The van der Waals surface area contributed by atoms with Crippen molar-refractivity contribution in [2.75, 3.05) is 36.4 Å². The van der Waals surface area contributed by atoms with E-state index in [2.05, 4.69) is 42.3 Å². The average molecular weight is 378 g/mol. The molecule has 1 aliphatic rings. The van der Waals surface area contributed by atoms with Crippen molar-refractivity contribution in [1.82, 2.24) is 4.90 Å². The van der Waals surface area contributed by atoms with E-state index >= 15 is 0 Å². The molecule has 0 bridgehead atoms. The van der Waals surface area contributed by atoms with Gasteiger partial charge in [0.05, 0.1) is 15.7 Å². The van der Waals surface area contributed by atoms with Gasteiger partial charge in [0.2, 0.25) is 0 Å². The molecule has 3 rings (SSSR count). The fraction of sp³-hybridized carbons (Fsp3) is 0.316. The molecule has 0 atom stereocenters. The predicted molar refractivity (Wildman–Crippen MR) is 105 cm³/mol. The highest BCUT2D eigenvalue weighted by Crippen LogP contribution is 2.30. The third-order valence-electron chi connectivity index (χ3n) is 4.45. The zero-order chi connectivity index (χ0) is 18.0. The molecule has 0 unspecified atom stereocenters. The van der Waals surface area contributed by atoms with Crippen LogP contribution in [0.2, 0.25) is 10.0 Å². The number of halogens is 2. The lowest BCUT2D eigenvalue weighted by atomic mass is 10.1. The Morgan fingerprint density at radius 1 is 1.04 bits per heavy atom. The van der Waals surface area contributed by atoms with Gasteiger partial charge in [-0.2, -0.15) is 0 Å². The Hall–Kier alpha value is -1.91. The third kappa shape index (κ3) is 4.02. The molecule has 6 heteroatoms. The smallest absolute Gasteiger partial charge is 0.322 e. The van der Waals surface area contributed by atoms with Crippen LogP contribution in [0.5, 0.6) is 0 Å². The molecule has 0 aromatic heterocycles. The number of nitrogens with one attached hydrogen (secondary N) is 1. The van der Waals surface area contributed by atoms with Gasteiger partial charge in [0.15, 0.2) is 0 Å². The van der Waals surface area contributed by atoms with E-state index in [1.54, 1.807) is 23.1 Å². The first-order valence-electron chi connectivity index (χ1n) is 8.28. The van der Waals surface area contributed by atoms with Gasteiger partial charge < -0.3 is 15.1 Å². The first kappa shape index (κ1) is 17.9.